The van der Waals surface area contributed by atoms with E-state index in [2.05, 4.69) is 41.1 Å². The number of hydrogen-bond donors (Lipinski definition) is 0. The second-order valence-electron chi connectivity index (χ2n) is 3.75. The zero-order valence-electron chi connectivity index (χ0n) is 13.8. The van der Waals surface area contributed by atoms with Crippen molar-refractivity contribution in [1.29, 1.82) is 0 Å². The largest absolute Gasteiger partial charge is 4.00 e. The van der Waals surface area contributed by atoms with Gasteiger partial charge in [0.05, 0.1) is 0 Å². The van der Waals surface area contributed by atoms with Gasteiger partial charge in [-0.1, -0.05) is 26.2 Å². The molecular formula is C15H31N3Zr. The van der Waals surface area contributed by atoms with Gasteiger partial charge in [-0.05, 0) is 0 Å². The van der Waals surface area contributed by atoms with E-state index in [1.165, 1.54) is 24.8 Å². The molecule has 0 aliphatic heterocycles. The SMILES string of the molecule is CCCCC1=[C-]CC=C1.C[N-]C.C[N-]C.C[N-]C.[Zr+4]. The predicted molar refractivity (Wildman–Crippen MR) is 85.7 cm³/mol. The first-order chi connectivity index (χ1) is 8.67. The van der Waals surface area contributed by atoms with E-state index in [1.54, 1.807) is 42.3 Å². The van der Waals surface area contributed by atoms with E-state index >= 15 is 0 Å². The average Bonchev–Trinajstić information content (AvgIpc) is 2.82. The Bertz CT molecular complexity index is 175. The molecule has 0 aromatic heterocycles. The van der Waals surface area contributed by atoms with Crippen LogP contribution >= 0.6 is 0 Å². The normalized spacial score (nSPS) is 10.6. The van der Waals surface area contributed by atoms with Gasteiger partial charge in [-0.2, -0.15) is 48.4 Å². The van der Waals surface area contributed by atoms with Gasteiger partial charge in [0.2, 0.25) is 0 Å². The summed E-state index contributed by atoms with van der Waals surface area (Å²) in [4.78, 5) is 0. The third-order valence-corrected chi connectivity index (χ3v) is 1.57. The maximum absolute atomic E-state index is 3.50. The number of unbranched alkanes of at least 4 members (excludes halogenated alkanes) is 1. The van der Waals surface area contributed by atoms with Crippen LogP contribution in [0.5, 0.6) is 0 Å². The first-order valence-electron chi connectivity index (χ1n) is 6.38. The Balaban J connectivity index is -0.0000000956. The summed E-state index contributed by atoms with van der Waals surface area (Å²) >= 11 is 0. The summed E-state index contributed by atoms with van der Waals surface area (Å²) in [5.74, 6) is 0. The van der Waals surface area contributed by atoms with Gasteiger partial charge in [-0.3, -0.25) is 6.08 Å². The van der Waals surface area contributed by atoms with E-state index in [4.69, 9.17) is 0 Å². The molecule has 0 bridgehead atoms. The molecule has 0 saturated carbocycles. The van der Waals surface area contributed by atoms with Gasteiger partial charge >= 0.3 is 26.2 Å². The van der Waals surface area contributed by atoms with Crippen LogP contribution in [-0.4, -0.2) is 42.3 Å². The fraction of sp³-hybridized carbons (Fsp3) is 0.733. The summed E-state index contributed by atoms with van der Waals surface area (Å²) in [5.41, 5.74) is 1.41. The molecule has 0 aromatic carbocycles. The molecule has 0 spiro atoms. The molecule has 0 fully saturated rings. The van der Waals surface area contributed by atoms with E-state index in [9.17, 15) is 0 Å². The molecule has 19 heavy (non-hydrogen) atoms. The van der Waals surface area contributed by atoms with Crippen LogP contribution in [0, 0.1) is 6.08 Å². The van der Waals surface area contributed by atoms with E-state index in [-0.39, 0.29) is 26.2 Å². The Morgan fingerprint density at radius 3 is 1.68 bits per heavy atom. The molecule has 0 N–H and O–H groups in total. The standard InChI is InChI=1S/C9H13.3C2H6N.Zr/c1-2-3-6-9-7-4-5-8-9;3*1-3-2;/h4,7H,2-3,5-6H2,1H3;3*1-2H3;/q4*-1;+4. The van der Waals surface area contributed by atoms with E-state index in [0.717, 1.165) is 6.42 Å². The van der Waals surface area contributed by atoms with Gasteiger partial charge in [-0.15, -0.1) is 6.42 Å². The van der Waals surface area contributed by atoms with Crippen LogP contribution in [-0.2, 0) is 26.2 Å². The minimum absolute atomic E-state index is 0. The minimum Gasteiger partial charge on any atom is -0.668 e. The smallest absolute Gasteiger partial charge is 0.668 e. The summed E-state index contributed by atoms with van der Waals surface area (Å²) in [6.45, 7) is 2.22. The van der Waals surface area contributed by atoms with Crippen molar-refractivity contribution in [3.8, 4) is 0 Å². The number of nitrogens with zero attached hydrogens (tertiary/aromatic N) is 3. The summed E-state index contributed by atoms with van der Waals surface area (Å²) in [7, 11) is 10.5. The van der Waals surface area contributed by atoms with Crippen molar-refractivity contribution in [2.75, 3.05) is 42.3 Å². The summed E-state index contributed by atoms with van der Waals surface area (Å²) in [6.07, 6.45) is 12.5. The fourth-order valence-corrected chi connectivity index (χ4v) is 0.989. The van der Waals surface area contributed by atoms with Crippen molar-refractivity contribution in [3.05, 3.63) is 39.8 Å². The van der Waals surface area contributed by atoms with Gasteiger partial charge in [0.25, 0.3) is 0 Å². The fourth-order valence-electron chi connectivity index (χ4n) is 0.989. The molecule has 0 atom stereocenters. The Morgan fingerprint density at radius 1 is 1.00 bits per heavy atom. The molecule has 0 heterocycles. The van der Waals surface area contributed by atoms with Crippen molar-refractivity contribution >= 4 is 0 Å². The van der Waals surface area contributed by atoms with E-state index < -0.39 is 0 Å². The van der Waals surface area contributed by atoms with Crippen LogP contribution < -0.4 is 0 Å². The molecule has 1 rings (SSSR count). The maximum atomic E-state index is 3.50. The predicted octanol–water partition coefficient (Wildman–Crippen LogP) is 4.72. The Hall–Kier alpha value is 0.243. The molecule has 0 unspecified atom stereocenters. The van der Waals surface area contributed by atoms with Gasteiger partial charge in [0.15, 0.2) is 0 Å². The zero-order chi connectivity index (χ0) is 14.6. The second kappa shape index (κ2) is 30.9. The van der Waals surface area contributed by atoms with Gasteiger partial charge < -0.3 is 16.0 Å². The third kappa shape index (κ3) is 38.1. The van der Waals surface area contributed by atoms with Crippen LogP contribution in [0.25, 0.3) is 16.0 Å². The molecule has 0 amide bonds. The van der Waals surface area contributed by atoms with Crippen molar-refractivity contribution in [2.45, 2.75) is 32.6 Å². The quantitative estimate of drug-likeness (QED) is 0.665. The minimum atomic E-state index is 0. The molecular weight excluding hydrogens is 313 g/mol. The average molecular weight is 345 g/mol. The summed E-state index contributed by atoms with van der Waals surface area (Å²) in [6, 6.07) is 0. The molecule has 0 aromatic rings. The van der Waals surface area contributed by atoms with Crippen molar-refractivity contribution < 1.29 is 26.2 Å². The van der Waals surface area contributed by atoms with Crippen LogP contribution in [0.15, 0.2) is 17.7 Å². The molecule has 4 heteroatoms. The van der Waals surface area contributed by atoms with Crippen molar-refractivity contribution in [2.24, 2.45) is 0 Å². The van der Waals surface area contributed by atoms with Crippen LogP contribution in [0.3, 0.4) is 0 Å². The first-order valence-corrected chi connectivity index (χ1v) is 6.38. The molecule has 0 radical (unpaired) electrons. The topological polar surface area (TPSA) is 42.3 Å². The molecule has 1 aliphatic rings. The number of hydrogen-bond acceptors (Lipinski definition) is 0. The molecule has 0 saturated heterocycles. The van der Waals surface area contributed by atoms with Gasteiger partial charge in [0.1, 0.15) is 0 Å². The van der Waals surface area contributed by atoms with Crippen molar-refractivity contribution in [1.82, 2.24) is 0 Å². The van der Waals surface area contributed by atoms with Crippen LogP contribution in [0.1, 0.15) is 32.6 Å². The number of allylic oxidation sites excluding steroid dienone is 4. The maximum Gasteiger partial charge on any atom is 4.00 e. The Labute approximate surface area is 140 Å². The van der Waals surface area contributed by atoms with E-state index in [0.29, 0.717) is 0 Å². The molecule has 3 nitrogen and oxygen atoms in total. The number of rotatable bonds is 3. The van der Waals surface area contributed by atoms with Gasteiger partial charge in [0, 0.05) is 0 Å². The van der Waals surface area contributed by atoms with Crippen molar-refractivity contribution in [3.63, 3.8) is 0 Å². The van der Waals surface area contributed by atoms with E-state index in [1.807, 2.05) is 0 Å². The van der Waals surface area contributed by atoms with Crippen LogP contribution in [0.2, 0.25) is 0 Å². The van der Waals surface area contributed by atoms with Crippen LogP contribution in [0.4, 0.5) is 0 Å². The zero-order valence-corrected chi connectivity index (χ0v) is 16.3. The molecule has 1 aliphatic carbocycles. The Morgan fingerprint density at radius 2 is 1.42 bits per heavy atom. The summed E-state index contributed by atoms with van der Waals surface area (Å²) in [5, 5.41) is 10.5. The molecule has 110 valence electrons. The Kier molecular flexibility index (Phi) is 44.9. The second-order valence-corrected chi connectivity index (χ2v) is 3.75. The first kappa shape index (κ1) is 27.6. The van der Waals surface area contributed by atoms with Gasteiger partial charge in [-0.25, -0.2) is 11.6 Å². The monoisotopic (exact) mass is 343 g/mol. The third-order valence-electron chi connectivity index (χ3n) is 1.57. The summed E-state index contributed by atoms with van der Waals surface area (Å²) < 4.78 is 0.